The molecule has 1 atom stereocenters. The number of hydrogen-bond donors (Lipinski definition) is 1. The van der Waals surface area contributed by atoms with E-state index in [1.165, 1.54) is 0 Å². The molecule has 22 heavy (non-hydrogen) atoms. The Morgan fingerprint density at radius 2 is 2.05 bits per heavy atom. The molecule has 1 N–H and O–H groups in total. The molecule has 6 heteroatoms. The number of halogens is 1. The standard InChI is InChI=1S/C16H22ClN3O2/c1-12(13-6-5-7-14(17)10-13)19(2)16(22)18-11-15(21)20-8-3-4-9-20/h5-7,10,12H,3-4,8-9,11H2,1-2H3,(H,18,22)/t12-/m0/s1. The van der Waals surface area contributed by atoms with Gasteiger partial charge < -0.3 is 15.1 Å². The Morgan fingerprint density at radius 3 is 2.68 bits per heavy atom. The molecule has 1 aromatic rings. The fourth-order valence-electron chi connectivity index (χ4n) is 2.52. The first-order valence-electron chi connectivity index (χ1n) is 7.53. The predicted molar refractivity (Wildman–Crippen MR) is 86.8 cm³/mol. The number of likely N-dealkylation sites (tertiary alicyclic amines) is 1. The zero-order valence-electron chi connectivity index (χ0n) is 13.0. The first kappa shape index (κ1) is 16.6. The summed E-state index contributed by atoms with van der Waals surface area (Å²) in [6.45, 7) is 3.56. The fourth-order valence-corrected chi connectivity index (χ4v) is 2.72. The molecule has 1 saturated heterocycles. The summed E-state index contributed by atoms with van der Waals surface area (Å²) in [5, 5.41) is 3.33. The smallest absolute Gasteiger partial charge is 0.318 e. The van der Waals surface area contributed by atoms with Crippen molar-refractivity contribution >= 4 is 23.5 Å². The van der Waals surface area contributed by atoms with Crippen LogP contribution in [0, 0.1) is 0 Å². The minimum Gasteiger partial charge on any atom is -0.341 e. The number of urea groups is 1. The van der Waals surface area contributed by atoms with Crippen LogP contribution in [0.2, 0.25) is 5.02 Å². The molecule has 1 aromatic carbocycles. The number of nitrogens with zero attached hydrogens (tertiary/aromatic N) is 2. The molecule has 5 nitrogen and oxygen atoms in total. The summed E-state index contributed by atoms with van der Waals surface area (Å²) in [4.78, 5) is 27.5. The van der Waals surface area contributed by atoms with Crippen molar-refractivity contribution in [3.05, 3.63) is 34.9 Å². The third kappa shape index (κ3) is 4.13. The molecule has 0 spiro atoms. The van der Waals surface area contributed by atoms with Crippen molar-refractivity contribution in [3.63, 3.8) is 0 Å². The van der Waals surface area contributed by atoms with Gasteiger partial charge in [-0.2, -0.15) is 0 Å². The van der Waals surface area contributed by atoms with Gasteiger partial charge in [-0.25, -0.2) is 4.79 Å². The Labute approximate surface area is 136 Å². The van der Waals surface area contributed by atoms with E-state index in [1.54, 1.807) is 22.9 Å². The molecule has 1 heterocycles. The van der Waals surface area contributed by atoms with Crippen LogP contribution >= 0.6 is 11.6 Å². The maximum Gasteiger partial charge on any atom is 0.318 e. The highest BCUT2D eigenvalue weighted by molar-refractivity contribution is 6.30. The zero-order valence-corrected chi connectivity index (χ0v) is 13.8. The quantitative estimate of drug-likeness (QED) is 0.926. The van der Waals surface area contributed by atoms with Gasteiger partial charge in [0.15, 0.2) is 0 Å². The summed E-state index contributed by atoms with van der Waals surface area (Å²) in [6.07, 6.45) is 2.09. The molecule has 120 valence electrons. The summed E-state index contributed by atoms with van der Waals surface area (Å²) in [6, 6.07) is 7.03. The summed E-state index contributed by atoms with van der Waals surface area (Å²) < 4.78 is 0. The predicted octanol–water partition coefficient (Wildman–Crippen LogP) is 2.66. The number of rotatable bonds is 4. The van der Waals surface area contributed by atoms with Crippen LogP contribution in [0.4, 0.5) is 4.79 Å². The Kier molecular flexibility index (Phi) is 5.66. The average Bonchev–Trinajstić information content (AvgIpc) is 3.05. The Morgan fingerprint density at radius 1 is 1.36 bits per heavy atom. The van der Waals surface area contributed by atoms with Crippen LogP contribution in [0.1, 0.15) is 31.4 Å². The van der Waals surface area contributed by atoms with Crippen molar-refractivity contribution in [2.45, 2.75) is 25.8 Å². The van der Waals surface area contributed by atoms with Gasteiger partial charge in [-0.05, 0) is 37.5 Å². The maximum atomic E-state index is 12.2. The van der Waals surface area contributed by atoms with E-state index in [1.807, 2.05) is 25.1 Å². The van der Waals surface area contributed by atoms with Crippen molar-refractivity contribution in [1.82, 2.24) is 15.1 Å². The number of amides is 3. The Hall–Kier alpha value is -1.75. The third-order valence-electron chi connectivity index (χ3n) is 4.08. The second-order valence-corrected chi connectivity index (χ2v) is 6.02. The van der Waals surface area contributed by atoms with Crippen LogP contribution < -0.4 is 5.32 Å². The first-order chi connectivity index (χ1) is 10.5. The van der Waals surface area contributed by atoms with Gasteiger partial charge in [-0.1, -0.05) is 23.7 Å². The molecular weight excluding hydrogens is 302 g/mol. The summed E-state index contributed by atoms with van der Waals surface area (Å²) in [5.74, 6) is -0.0188. The highest BCUT2D eigenvalue weighted by atomic mass is 35.5. The molecular formula is C16H22ClN3O2. The number of benzene rings is 1. The summed E-state index contributed by atoms with van der Waals surface area (Å²) in [7, 11) is 1.71. The largest absolute Gasteiger partial charge is 0.341 e. The van der Waals surface area contributed by atoms with Crippen LogP contribution in [-0.4, -0.2) is 48.4 Å². The number of nitrogens with one attached hydrogen (secondary N) is 1. The van der Waals surface area contributed by atoms with Crippen molar-refractivity contribution in [2.24, 2.45) is 0 Å². The van der Waals surface area contributed by atoms with Crippen LogP contribution in [0.3, 0.4) is 0 Å². The molecule has 0 aromatic heterocycles. The second kappa shape index (κ2) is 7.49. The average molecular weight is 324 g/mol. The molecule has 2 rings (SSSR count). The third-order valence-corrected chi connectivity index (χ3v) is 4.32. The molecule has 0 unspecified atom stereocenters. The van der Waals surface area contributed by atoms with Gasteiger partial charge in [0.05, 0.1) is 12.6 Å². The van der Waals surface area contributed by atoms with E-state index >= 15 is 0 Å². The summed E-state index contributed by atoms with van der Waals surface area (Å²) >= 11 is 5.98. The minimum atomic E-state index is -0.264. The number of hydrogen-bond acceptors (Lipinski definition) is 2. The Bertz CT molecular complexity index is 544. The van der Waals surface area contributed by atoms with Crippen molar-refractivity contribution in [1.29, 1.82) is 0 Å². The lowest BCUT2D eigenvalue weighted by Crippen LogP contribution is -2.44. The van der Waals surface area contributed by atoms with Gasteiger partial charge in [0, 0.05) is 25.2 Å². The minimum absolute atomic E-state index is 0.0188. The lowest BCUT2D eigenvalue weighted by atomic mass is 10.1. The van der Waals surface area contributed by atoms with E-state index in [9.17, 15) is 9.59 Å². The van der Waals surface area contributed by atoms with Crippen LogP contribution in [0.5, 0.6) is 0 Å². The van der Waals surface area contributed by atoms with Gasteiger partial charge in [0.2, 0.25) is 5.91 Å². The number of carbonyl (C=O) groups excluding carboxylic acids is 2. The SMILES string of the molecule is C[C@@H](c1cccc(Cl)c1)N(C)C(=O)NCC(=O)N1CCCC1. The van der Waals surface area contributed by atoms with Gasteiger partial charge in [-0.3, -0.25) is 4.79 Å². The Balaban J connectivity index is 1.87. The van der Waals surface area contributed by atoms with E-state index in [0.717, 1.165) is 31.5 Å². The molecule has 0 bridgehead atoms. The van der Waals surface area contributed by atoms with Crippen LogP contribution in [0.15, 0.2) is 24.3 Å². The van der Waals surface area contributed by atoms with Gasteiger partial charge >= 0.3 is 6.03 Å². The summed E-state index contributed by atoms with van der Waals surface area (Å²) in [5.41, 5.74) is 0.955. The van der Waals surface area contributed by atoms with E-state index in [0.29, 0.717) is 5.02 Å². The fraction of sp³-hybridized carbons (Fsp3) is 0.500. The molecule has 1 aliphatic heterocycles. The second-order valence-electron chi connectivity index (χ2n) is 5.59. The molecule has 1 fully saturated rings. The van der Waals surface area contributed by atoms with Crippen molar-refractivity contribution in [3.8, 4) is 0 Å². The lowest BCUT2D eigenvalue weighted by molar-refractivity contribution is -0.129. The van der Waals surface area contributed by atoms with Crippen molar-refractivity contribution in [2.75, 3.05) is 26.7 Å². The zero-order chi connectivity index (χ0) is 16.1. The number of carbonyl (C=O) groups is 2. The highest BCUT2D eigenvalue weighted by Crippen LogP contribution is 2.21. The van der Waals surface area contributed by atoms with E-state index in [4.69, 9.17) is 11.6 Å². The van der Waals surface area contributed by atoms with Gasteiger partial charge in [-0.15, -0.1) is 0 Å². The van der Waals surface area contributed by atoms with Crippen molar-refractivity contribution < 1.29 is 9.59 Å². The normalized spacial score (nSPS) is 15.5. The molecule has 0 aliphatic carbocycles. The molecule has 3 amide bonds. The van der Waals surface area contributed by atoms with Gasteiger partial charge in [0.25, 0.3) is 0 Å². The maximum absolute atomic E-state index is 12.2. The van der Waals surface area contributed by atoms with Gasteiger partial charge in [0.1, 0.15) is 0 Å². The lowest BCUT2D eigenvalue weighted by Gasteiger charge is -2.26. The molecule has 0 saturated carbocycles. The topological polar surface area (TPSA) is 52.7 Å². The van der Waals surface area contributed by atoms with E-state index in [2.05, 4.69) is 5.32 Å². The van der Waals surface area contributed by atoms with E-state index in [-0.39, 0.29) is 24.5 Å². The molecule has 1 aliphatic rings. The van der Waals surface area contributed by atoms with Crippen LogP contribution in [-0.2, 0) is 4.79 Å². The van der Waals surface area contributed by atoms with Crippen LogP contribution in [0.25, 0.3) is 0 Å². The van der Waals surface area contributed by atoms with E-state index < -0.39 is 0 Å². The monoisotopic (exact) mass is 323 g/mol. The highest BCUT2D eigenvalue weighted by Gasteiger charge is 2.21. The molecule has 0 radical (unpaired) electrons. The first-order valence-corrected chi connectivity index (χ1v) is 7.90.